The molecule has 0 atom stereocenters. The van der Waals surface area contributed by atoms with E-state index in [0.29, 0.717) is 0 Å². The molecule has 196 valence electrons. The second-order valence-corrected chi connectivity index (χ2v) is 11.0. The van der Waals surface area contributed by atoms with E-state index in [9.17, 15) is 0 Å². The molecule has 0 bridgehead atoms. The van der Waals surface area contributed by atoms with Gasteiger partial charge in [0, 0.05) is 0 Å². The van der Waals surface area contributed by atoms with E-state index in [0.717, 1.165) is 0 Å². The lowest BCUT2D eigenvalue weighted by molar-refractivity contribution is 1.66. The quantitative estimate of drug-likeness (QED) is 0.198. The summed E-state index contributed by atoms with van der Waals surface area (Å²) >= 11 is 0. The topological polar surface area (TPSA) is 0 Å². The van der Waals surface area contributed by atoms with Gasteiger partial charge in [0.15, 0.2) is 0 Å². The lowest BCUT2D eigenvalue weighted by Crippen LogP contribution is -1.83. The molecule has 0 radical (unpaired) electrons. The summed E-state index contributed by atoms with van der Waals surface area (Å²) in [4.78, 5) is 0. The Morgan fingerprint density at radius 2 is 0.690 bits per heavy atom. The van der Waals surface area contributed by atoms with Gasteiger partial charge in [0.1, 0.15) is 0 Å². The van der Waals surface area contributed by atoms with Crippen molar-refractivity contribution in [2.45, 2.75) is 0 Å². The molecule has 0 unspecified atom stereocenters. The summed E-state index contributed by atoms with van der Waals surface area (Å²) < 4.78 is 0. The van der Waals surface area contributed by atoms with Crippen LogP contribution in [0.5, 0.6) is 0 Å². The van der Waals surface area contributed by atoms with Gasteiger partial charge in [0.25, 0.3) is 0 Å². The molecule has 0 saturated carbocycles. The van der Waals surface area contributed by atoms with E-state index in [1.54, 1.807) is 0 Å². The Morgan fingerprint density at radius 3 is 1.19 bits per heavy atom. The molecule has 0 N–H and O–H groups in total. The lowest BCUT2D eigenvalue weighted by Gasteiger charge is -2.09. The molecule has 8 aromatic carbocycles. The monoisotopic (exact) mass is 532 g/mol. The number of hydrogen-bond donors (Lipinski definition) is 0. The van der Waals surface area contributed by atoms with Gasteiger partial charge >= 0.3 is 0 Å². The van der Waals surface area contributed by atoms with Crippen LogP contribution in [0, 0.1) is 0 Å². The fraction of sp³-hybridized carbons (Fsp3) is 0. The molecule has 0 aliphatic heterocycles. The molecule has 0 amide bonds. The normalized spacial score (nSPS) is 11.7. The predicted octanol–water partition coefficient (Wildman–Crippen LogP) is 11.8. The van der Waals surface area contributed by atoms with Gasteiger partial charge in [-0.15, -0.1) is 0 Å². The van der Waals surface area contributed by atoms with Crippen LogP contribution in [0.2, 0.25) is 0 Å². The van der Waals surface area contributed by atoms with Crippen molar-refractivity contribution in [3.05, 3.63) is 169 Å². The van der Waals surface area contributed by atoms with Crippen molar-refractivity contribution >= 4 is 55.2 Å². The highest BCUT2D eigenvalue weighted by atomic mass is 14.1. The Kier molecular flexibility index (Phi) is 5.90. The first kappa shape index (κ1) is 24.3. The zero-order valence-corrected chi connectivity index (χ0v) is 23.2. The van der Waals surface area contributed by atoms with Crippen LogP contribution >= 0.6 is 0 Å². The van der Waals surface area contributed by atoms with Crippen molar-refractivity contribution in [1.29, 1.82) is 0 Å². The molecule has 8 rings (SSSR count). The summed E-state index contributed by atoms with van der Waals surface area (Å²) in [5, 5.41) is 10.1. The van der Waals surface area contributed by atoms with Crippen LogP contribution in [-0.4, -0.2) is 0 Å². The fourth-order valence-corrected chi connectivity index (χ4v) is 6.22. The first-order valence-electron chi connectivity index (χ1n) is 14.5. The van der Waals surface area contributed by atoms with E-state index < -0.39 is 0 Å². The van der Waals surface area contributed by atoms with E-state index in [-0.39, 0.29) is 0 Å². The standard InChI is InChI=1S/C42H28/c1-3-11-39-31(7-1)9-5-13-41(39)37-23-21-33-25-29(17-19-35(33)27-37)15-16-30-18-20-36-28-38(24-22-34(36)26-30)42-14-6-10-32-8-2-4-12-40(32)42/h1-28H/b16-15+. The van der Waals surface area contributed by atoms with Gasteiger partial charge < -0.3 is 0 Å². The molecule has 42 heavy (non-hydrogen) atoms. The summed E-state index contributed by atoms with van der Waals surface area (Å²) in [6, 6.07) is 57.3. The highest BCUT2D eigenvalue weighted by molar-refractivity contribution is 6.01. The number of rotatable bonds is 4. The van der Waals surface area contributed by atoms with Crippen molar-refractivity contribution in [2.75, 3.05) is 0 Å². The van der Waals surface area contributed by atoms with Crippen molar-refractivity contribution in [1.82, 2.24) is 0 Å². The van der Waals surface area contributed by atoms with Crippen LogP contribution in [0.3, 0.4) is 0 Å². The molecule has 0 fully saturated rings. The van der Waals surface area contributed by atoms with E-state index in [1.165, 1.54) is 76.5 Å². The molecule has 8 aromatic rings. The smallest absolute Gasteiger partial charge is 0.0105 e. The highest BCUT2D eigenvalue weighted by Crippen LogP contribution is 2.33. The summed E-state index contributed by atoms with van der Waals surface area (Å²) in [6.07, 6.45) is 4.42. The second kappa shape index (κ2) is 10.2. The minimum Gasteiger partial charge on any atom is -0.0616 e. The molecule has 0 heterocycles. The average molecular weight is 533 g/mol. The number of hydrogen-bond acceptors (Lipinski definition) is 0. The van der Waals surface area contributed by atoms with Crippen LogP contribution < -0.4 is 0 Å². The van der Waals surface area contributed by atoms with Gasteiger partial charge in [-0.05, 0) is 101 Å². The lowest BCUT2D eigenvalue weighted by atomic mass is 9.95. The molecular formula is C42H28. The molecule has 0 aliphatic carbocycles. The number of benzene rings is 8. The summed E-state index contributed by atoms with van der Waals surface area (Å²) in [5.74, 6) is 0. The van der Waals surface area contributed by atoms with Crippen molar-refractivity contribution < 1.29 is 0 Å². The fourth-order valence-electron chi connectivity index (χ4n) is 6.22. The van der Waals surface area contributed by atoms with E-state index in [2.05, 4.69) is 170 Å². The molecule has 0 aliphatic rings. The third kappa shape index (κ3) is 4.44. The SMILES string of the molecule is C(=C\c1ccc2cc(-c3cccc4ccccc34)ccc2c1)/c1ccc2cc(-c3cccc4ccccc34)ccc2c1. The van der Waals surface area contributed by atoms with Gasteiger partial charge in [0.2, 0.25) is 0 Å². The average Bonchev–Trinajstić information content (AvgIpc) is 3.06. The van der Waals surface area contributed by atoms with Crippen LogP contribution in [0.25, 0.3) is 77.5 Å². The summed E-state index contributed by atoms with van der Waals surface area (Å²) in [5.41, 5.74) is 7.46. The maximum absolute atomic E-state index is 2.31. The largest absolute Gasteiger partial charge is 0.0616 e. The van der Waals surface area contributed by atoms with Crippen molar-refractivity contribution in [2.24, 2.45) is 0 Å². The molecule has 0 nitrogen and oxygen atoms in total. The van der Waals surface area contributed by atoms with E-state index in [1.807, 2.05) is 0 Å². The van der Waals surface area contributed by atoms with E-state index in [4.69, 9.17) is 0 Å². The Hall–Kier alpha value is -5.46. The van der Waals surface area contributed by atoms with Crippen molar-refractivity contribution in [3.63, 3.8) is 0 Å². The molecule has 0 heteroatoms. The van der Waals surface area contributed by atoms with E-state index >= 15 is 0 Å². The Labute approximate surface area is 245 Å². The van der Waals surface area contributed by atoms with Gasteiger partial charge in [-0.2, -0.15) is 0 Å². The maximum atomic E-state index is 2.31. The van der Waals surface area contributed by atoms with Crippen LogP contribution in [0.15, 0.2) is 158 Å². The van der Waals surface area contributed by atoms with Gasteiger partial charge in [-0.3, -0.25) is 0 Å². The zero-order valence-electron chi connectivity index (χ0n) is 23.2. The molecule has 0 aromatic heterocycles. The van der Waals surface area contributed by atoms with Crippen LogP contribution in [0.1, 0.15) is 11.1 Å². The Morgan fingerprint density at radius 1 is 0.286 bits per heavy atom. The van der Waals surface area contributed by atoms with Gasteiger partial charge in [-0.25, -0.2) is 0 Å². The number of fused-ring (bicyclic) bond motifs is 4. The third-order valence-corrected chi connectivity index (χ3v) is 8.40. The molecule has 0 saturated heterocycles. The van der Waals surface area contributed by atoms with Crippen LogP contribution in [-0.2, 0) is 0 Å². The highest BCUT2D eigenvalue weighted by Gasteiger charge is 2.06. The predicted molar refractivity (Wildman–Crippen MR) is 183 cm³/mol. The van der Waals surface area contributed by atoms with Crippen molar-refractivity contribution in [3.8, 4) is 22.3 Å². The second-order valence-electron chi connectivity index (χ2n) is 11.0. The summed E-state index contributed by atoms with van der Waals surface area (Å²) in [6.45, 7) is 0. The molecular weight excluding hydrogens is 504 g/mol. The minimum absolute atomic E-state index is 1.20. The Bertz CT molecular complexity index is 2130. The maximum Gasteiger partial charge on any atom is -0.0105 e. The first-order valence-corrected chi connectivity index (χ1v) is 14.5. The van der Waals surface area contributed by atoms with Gasteiger partial charge in [-0.1, -0.05) is 146 Å². The third-order valence-electron chi connectivity index (χ3n) is 8.40. The summed E-state index contributed by atoms with van der Waals surface area (Å²) in [7, 11) is 0. The minimum atomic E-state index is 1.20. The Balaban J connectivity index is 1.07. The zero-order chi connectivity index (χ0) is 27.9. The first-order chi connectivity index (χ1) is 20.8. The van der Waals surface area contributed by atoms with Crippen LogP contribution in [0.4, 0.5) is 0 Å². The molecule has 0 spiro atoms. The van der Waals surface area contributed by atoms with Gasteiger partial charge in [0.05, 0.1) is 0 Å².